The molecule has 0 bridgehead atoms. The Labute approximate surface area is 263 Å². The van der Waals surface area contributed by atoms with E-state index in [1.165, 1.54) is 19.2 Å². The minimum atomic E-state index is -0.500. The number of nitrogens with zero attached hydrogens (tertiary/aromatic N) is 7. The van der Waals surface area contributed by atoms with Gasteiger partial charge in [0.1, 0.15) is 23.8 Å². The molecule has 2 aromatic carbocycles. The van der Waals surface area contributed by atoms with E-state index in [4.69, 9.17) is 34.3 Å². The van der Waals surface area contributed by atoms with Crippen LogP contribution in [0.1, 0.15) is 38.6 Å². The van der Waals surface area contributed by atoms with Crippen molar-refractivity contribution < 1.29 is 28.1 Å². The van der Waals surface area contributed by atoms with Crippen LogP contribution in [0.25, 0.3) is 16.9 Å². The van der Waals surface area contributed by atoms with Crippen LogP contribution < -0.4 is 4.74 Å². The van der Waals surface area contributed by atoms with Gasteiger partial charge in [-0.05, 0) is 36.4 Å². The highest BCUT2D eigenvalue weighted by Gasteiger charge is 2.40. The maximum absolute atomic E-state index is 14.3. The third-order valence-electron chi connectivity index (χ3n) is 8.37. The Kier molecular flexibility index (Phi) is 7.69. The molecular weight excluding hydrogens is 593 g/mol. The van der Waals surface area contributed by atoms with Crippen LogP contribution >= 0.6 is 0 Å². The first-order valence-electron chi connectivity index (χ1n) is 14.7. The Hall–Kier alpha value is -5.16. The maximum atomic E-state index is 14.3. The number of pyridine rings is 1. The lowest BCUT2D eigenvalue weighted by atomic mass is 10.0. The van der Waals surface area contributed by atoms with E-state index in [0.717, 1.165) is 28.1 Å². The SMILES string of the molecule is COC(=O)c1ccc2nc(CN3Cc4cn(-c5cccc(OCc6ccc(C#N)cc6F)n5)nc4C3)n(CC3(OC)COC3)c2c1. The molecule has 0 aliphatic carbocycles. The van der Waals surface area contributed by atoms with Crippen LogP contribution in [-0.4, -0.2) is 68.2 Å². The molecule has 5 aromatic rings. The number of hydrogen-bond acceptors (Lipinski definition) is 10. The zero-order valence-corrected chi connectivity index (χ0v) is 25.3. The molecule has 0 atom stereocenters. The highest BCUT2D eigenvalue weighted by Crippen LogP contribution is 2.30. The highest BCUT2D eigenvalue weighted by molar-refractivity contribution is 5.93. The van der Waals surface area contributed by atoms with Crippen molar-refractivity contribution in [1.82, 2.24) is 29.2 Å². The maximum Gasteiger partial charge on any atom is 0.337 e. The first-order chi connectivity index (χ1) is 22.4. The molecule has 2 aliphatic rings. The molecule has 7 rings (SSSR count). The summed E-state index contributed by atoms with van der Waals surface area (Å²) in [4.78, 5) is 24.0. The Morgan fingerprint density at radius 3 is 2.70 bits per heavy atom. The van der Waals surface area contributed by atoms with Crippen molar-refractivity contribution in [2.45, 2.75) is 38.4 Å². The van der Waals surface area contributed by atoms with Crippen LogP contribution in [0.4, 0.5) is 4.39 Å². The zero-order chi connectivity index (χ0) is 31.8. The van der Waals surface area contributed by atoms with Crippen molar-refractivity contribution in [3.05, 3.63) is 100 Å². The fraction of sp³-hybridized carbons (Fsp3) is 0.303. The molecule has 12 nitrogen and oxygen atoms in total. The van der Waals surface area contributed by atoms with E-state index >= 15 is 0 Å². The number of carbonyl (C=O) groups excluding carboxylic acids is 1. The van der Waals surface area contributed by atoms with E-state index < -0.39 is 17.4 Å². The lowest BCUT2D eigenvalue weighted by Crippen LogP contribution is -2.54. The molecule has 2 aliphatic heterocycles. The molecule has 1 saturated heterocycles. The van der Waals surface area contributed by atoms with E-state index in [-0.39, 0.29) is 12.2 Å². The number of rotatable bonds is 10. The van der Waals surface area contributed by atoms with Gasteiger partial charge in [0.15, 0.2) is 5.82 Å². The van der Waals surface area contributed by atoms with Crippen LogP contribution in [-0.2, 0) is 47.0 Å². The molecule has 0 unspecified atom stereocenters. The summed E-state index contributed by atoms with van der Waals surface area (Å²) in [5, 5.41) is 13.8. The Morgan fingerprint density at radius 2 is 1.98 bits per heavy atom. The molecule has 234 valence electrons. The number of hydrogen-bond donors (Lipinski definition) is 0. The second-order valence-corrected chi connectivity index (χ2v) is 11.4. The fourth-order valence-electron chi connectivity index (χ4n) is 5.75. The molecule has 46 heavy (non-hydrogen) atoms. The Balaban J connectivity index is 1.07. The average molecular weight is 624 g/mol. The third kappa shape index (κ3) is 5.58. The topological polar surface area (TPSA) is 130 Å². The summed E-state index contributed by atoms with van der Waals surface area (Å²) in [5.41, 5.74) is 4.21. The Morgan fingerprint density at radius 1 is 1.11 bits per heavy atom. The number of halogens is 1. The monoisotopic (exact) mass is 623 g/mol. The minimum Gasteiger partial charge on any atom is -0.473 e. The van der Waals surface area contributed by atoms with Gasteiger partial charge in [0.2, 0.25) is 5.88 Å². The number of aromatic nitrogens is 5. The van der Waals surface area contributed by atoms with E-state index in [1.807, 2.05) is 36.5 Å². The van der Waals surface area contributed by atoms with Crippen molar-refractivity contribution in [1.29, 1.82) is 5.26 Å². The third-order valence-corrected chi connectivity index (χ3v) is 8.37. The molecule has 0 saturated carbocycles. The average Bonchev–Trinajstić information content (AvgIpc) is 3.73. The molecule has 0 N–H and O–H groups in total. The lowest BCUT2D eigenvalue weighted by molar-refractivity contribution is -0.202. The van der Waals surface area contributed by atoms with E-state index in [0.29, 0.717) is 62.2 Å². The lowest BCUT2D eigenvalue weighted by Gasteiger charge is -2.40. The molecule has 3 aromatic heterocycles. The number of nitriles is 1. The summed E-state index contributed by atoms with van der Waals surface area (Å²) in [6.07, 6.45) is 1.96. The van der Waals surface area contributed by atoms with Crippen LogP contribution in [0.5, 0.6) is 5.88 Å². The quantitative estimate of drug-likeness (QED) is 0.211. The first-order valence-corrected chi connectivity index (χ1v) is 14.7. The van der Waals surface area contributed by atoms with Crippen molar-refractivity contribution in [2.75, 3.05) is 27.4 Å². The number of benzene rings is 2. The first kappa shape index (κ1) is 29.5. The van der Waals surface area contributed by atoms with E-state index in [9.17, 15) is 9.18 Å². The van der Waals surface area contributed by atoms with Gasteiger partial charge in [0, 0.05) is 43.6 Å². The van der Waals surface area contributed by atoms with Crippen LogP contribution in [0.3, 0.4) is 0 Å². The van der Waals surface area contributed by atoms with Gasteiger partial charge in [0.25, 0.3) is 0 Å². The van der Waals surface area contributed by atoms with Crippen LogP contribution in [0, 0.1) is 17.1 Å². The summed E-state index contributed by atoms with van der Waals surface area (Å²) in [5.74, 6) is 0.856. The predicted octanol–water partition coefficient (Wildman–Crippen LogP) is 3.92. The minimum absolute atomic E-state index is 0.0220. The van der Waals surface area contributed by atoms with Crippen LogP contribution in [0.15, 0.2) is 60.8 Å². The molecular formula is C33H30FN7O5. The Bertz CT molecular complexity index is 1970. The number of methoxy groups -OCH3 is 2. The second kappa shape index (κ2) is 12.0. The van der Waals surface area contributed by atoms with Gasteiger partial charge in [0.05, 0.1) is 67.3 Å². The van der Waals surface area contributed by atoms with Gasteiger partial charge in [-0.2, -0.15) is 15.3 Å². The van der Waals surface area contributed by atoms with Gasteiger partial charge in [-0.3, -0.25) is 4.90 Å². The summed E-state index contributed by atoms with van der Waals surface area (Å²) >= 11 is 0. The molecule has 5 heterocycles. The predicted molar refractivity (Wildman–Crippen MR) is 161 cm³/mol. The molecule has 1 fully saturated rings. The smallest absolute Gasteiger partial charge is 0.337 e. The summed E-state index contributed by atoms with van der Waals surface area (Å²) in [6.45, 7) is 3.32. The summed E-state index contributed by atoms with van der Waals surface area (Å²) in [7, 11) is 3.05. The summed E-state index contributed by atoms with van der Waals surface area (Å²) in [6, 6.07) is 16.9. The van der Waals surface area contributed by atoms with Gasteiger partial charge >= 0.3 is 5.97 Å². The normalized spacial score (nSPS) is 15.3. The number of imidazole rings is 1. The van der Waals surface area contributed by atoms with E-state index in [2.05, 4.69) is 14.5 Å². The van der Waals surface area contributed by atoms with Crippen LogP contribution in [0.2, 0.25) is 0 Å². The number of ether oxygens (including phenoxy) is 4. The molecule has 0 spiro atoms. The standard InChI is InChI=1S/C33H30FN7O5/c1-43-32(42)22-8-9-26-28(11-22)40(18-33(44-2)19-45-20-33)30(36-26)16-39-13-24-14-41(38-27(24)15-39)29-4-3-5-31(37-29)46-17-23-7-6-21(12-35)10-25(23)34/h3-11,14H,13,15-20H2,1-2H3. The van der Waals surface area contributed by atoms with Crippen molar-refractivity contribution in [3.8, 4) is 17.8 Å². The van der Waals surface area contributed by atoms with Gasteiger partial charge in [-0.1, -0.05) is 12.1 Å². The van der Waals surface area contributed by atoms with E-state index in [1.54, 1.807) is 30.0 Å². The molecule has 0 radical (unpaired) electrons. The van der Waals surface area contributed by atoms with Crippen molar-refractivity contribution in [3.63, 3.8) is 0 Å². The number of fused-ring (bicyclic) bond motifs is 2. The zero-order valence-electron chi connectivity index (χ0n) is 25.3. The van der Waals surface area contributed by atoms with Gasteiger partial charge in [-0.15, -0.1) is 0 Å². The molecule has 0 amide bonds. The summed E-state index contributed by atoms with van der Waals surface area (Å²) < 4.78 is 40.1. The highest BCUT2D eigenvalue weighted by atomic mass is 19.1. The fourth-order valence-corrected chi connectivity index (χ4v) is 5.75. The number of esters is 1. The van der Waals surface area contributed by atoms with Crippen molar-refractivity contribution >= 4 is 17.0 Å². The number of carbonyl (C=O) groups is 1. The largest absolute Gasteiger partial charge is 0.473 e. The van der Waals surface area contributed by atoms with Gasteiger partial charge < -0.3 is 23.5 Å². The van der Waals surface area contributed by atoms with Gasteiger partial charge in [-0.25, -0.2) is 18.9 Å². The second-order valence-electron chi connectivity index (χ2n) is 11.4. The van der Waals surface area contributed by atoms with Crippen molar-refractivity contribution in [2.24, 2.45) is 0 Å². The molecule has 13 heteroatoms.